The molecule has 1 saturated carbocycles. The van der Waals surface area contributed by atoms with Crippen molar-refractivity contribution in [3.8, 4) is 0 Å². The molecule has 0 aromatic heterocycles. The van der Waals surface area contributed by atoms with Crippen LogP contribution in [0.2, 0.25) is 0 Å². The first-order chi connectivity index (χ1) is 8.54. The van der Waals surface area contributed by atoms with Gasteiger partial charge < -0.3 is 11.1 Å². The number of rotatable bonds is 3. The van der Waals surface area contributed by atoms with Gasteiger partial charge >= 0.3 is 0 Å². The predicted octanol–water partition coefficient (Wildman–Crippen LogP) is 3.91. The van der Waals surface area contributed by atoms with E-state index in [0.717, 1.165) is 18.5 Å². The summed E-state index contributed by atoms with van der Waals surface area (Å²) in [5.41, 5.74) is 6.87. The van der Waals surface area contributed by atoms with Crippen molar-refractivity contribution in [1.82, 2.24) is 0 Å². The van der Waals surface area contributed by atoms with E-state index in [9.17, 15) is 4.39 Å². The lowest BCUT2D eigenvalue weighted by atomic mass is 9.76. The summed E-state index contributed by atoms with van der Waals surface area (Å²) in [5.74, 6) is 0.457. The topological polar surface area (TPSA) is 38.0 Å². The fourth-order valence-corrected chi connectivity index (χ4v) is 3.27. The number of nitrogens with one attached hydrogen (secondary N) is 1. The first-order valence-corrected chi connectivity index (χ1v) is 7.27. The molecule has 2 unspecified atom stereocenters. The van der Waals surface area contributed by atoms with Crippen LogP contribution in [-0.2, 0) is 0 Å². The number of halogens is 2. The molecule has 2 nitrogen and oxygen atoms in total. The van der Waals surface area contributed by atoms with Crippen LogP contribution in [0.3, 0.4) is 0 Å². The molecule has 4 heteroatoms. The minimum atomic E-state index is -0.237. The van der Waals surface area contributed by atoms with Crippen LogP contribution < -0.4 is 11.1 Å². The molecular weight excluding hydrogens is 295 g/mol. The summed E-state index contributed by atoms with van der Waals surface area (Å²) >= 11 is 3.22. The summed E-state index contributed by atoms with van der Waals surface area (Å²) in [7, 11) is 0. The summed E-state index contributed by atoms with van der Waals surface area (Å²) in [6.07, 6.45) is 4.64. The van der Waals surface area contributed by atoms with Crippen LogP contribution in [0.25, 0.3) is 0 Å². The van der Waals surface area contributed by atoms with Crippen LogP contribution in [0, 0.1) is 11.7 Å². The minimum absolute atomic E-state index is 0.0328. The molecule has 0 amide bonds. The molecule has 1 fully saturated rings. The van der Waals surface area contributed by atoms with Gasteiger partial charge in [0.1, 0.15) is 5.82 Å². The average molecular weight is 315 g/mol. The number of hydrogen-bond donors (Lipinski definition) is 2. The molecule has 0 radical (unpaired) electrons. The Hall–Kier alpha value is -0.610. The van der Waals surface area contributed by atoms with E-state index in [2.05, 4.69) is 28.2 Å². The molecule has 2 atom stereocenters. The summed E-state index contributed by atoms with van der Waals surface area (Å²) in [6, 6.07) is 5.03. The molecule has 2 rings (SSSR count). The molecule has 0 aliphatic heterocycles. The Kier molecular flexibility index (Phi) is 4.28. The van der Waals surface area contributed by atoms with Gasteiger partial charge in [-0.2, -0.15) is 0 Å². The number of hydrogen-bond acceptors (Lipinski definition) is 2. The standard InChI is InChI=1S/C14H20BrFN2/c1-10-3-2-6-14(8-10,9-17)18-11-4-5-13(16)12(15)7-11/h4-5,7,10,18H,2-3,6,8-9,17H2,1H3. The fraction of sp³-hybridized carbons (Fsp3) is 0.571. The maximum atomic E-state index is 13.2. The van der Waals surface area contributed by atoms with Crippen molar-refractivity contribution in [2.24, 2.45) is 11.7 Å². The Morgan fingerprint density at radius 1 is 1.56 bits per heavy atom. The lowest BCUT2D eigenvalue weighted by Gasteiger charge is -2.40. The second-order valence-electron chi connectivity index (χ2n) is 5.44. The maximum absolute atomic E-state index is 13.2. The Bertz CT molecular complexity index is 424. The molecule has 1 aliphatic rings. The molecule has 0 saturated heterocycles. The number of anilines is 1. The zero-order valence-corrected chi connectivity index (χ0v) is 12.3. The smallest absolute Gasteiger partial charge is 0.137 e. The van der Waals surface area contributed by atoms with Crippen LogP contribution in [-0.4, -0.2) is 12.1 Å². The largest absolute Gasteiger partial charge is 0.378 e. The highest BCUT2D eigenvalue weighted by Crippen LogP contribution is 2.35. The van der Waals surface area contributed by atoms with Gasteiger partial charge in [-0.05, 0) is 52.9 Å². The Balaban J connectivity index is 2.16. The lowest BCUT2D eigenvalue weighted by molar-refractivity contribution is 0.264. The minimum Gasteiger partial charge on any atom is -0.378 e. The third kappa shape index (κ3) is 3.04. The molecular formula is C14H20BrFN2. The third-order valence-electron chi connectivity index (χ3n) is 3.81. The normalized spacial score (nSPS) is 28.1. The third-order valence-corrected chi connectivity index (χ3v) is 4.42. The van der Waals surface area contributed by atoms with Crippen molar-refractivity contribution in [3.05, 3.63) is 28.5 Å². The average Bonchev–Trinajstić information content (AvgIpc) is 2.34. The molecule has 1 aliphatic carbocycles. The summed E-state index contributed by atoms with van der Waals surface area (Å²) < 4.78 is 13.7. The first kappa shape index (κ1) is 13.8. The van der Waals surface area contributed by atoms with E-state index in [4.69, 9.17) is 5.73 Å². The Labute approximate surface area is 116 Å². The Morgan fingerprint density at radius 3 is 2.94 bits per heavy atom. The second-order valence-corrected chi connectivity index (χ2v) is 6.29. The van der Waals surface area contributed by atoms with Gasteiger partial charge in [-0.3, -0.25) is 0 Å². The zero-order valence-electron chi connectivity index (χ0n) is 10.7. The van der Waals surface area contributed by atoms with Crippen molar-refractivity contribution in [2.45, 2.75) is 38.1 Å². The van der Waals surface area contributed by atoms with Gasteiger partial charge in [0, 0.05) is 17.8 Å². The van der Waals surface area contributed by atoms with Crippen molar-refractivity contribution in [1.29, 1.82) is 0 Å². The maximum Gasteiger partial charge on any atom is 0.137 e. The van der Waals surface area contributed by atoms with Gasteiger partial charge in [-0.15, -0.1) is 0 Å². The van der Waals surface area contributed by atoms with E-state index in [1.807, 2.05) is 0 Å². The molecule has 0 heterocycles. The van der Waals surface area contributed by atoms with E-state index >= 15 is 0 Å². The van der Waals surface area contributed by atoms with E-state index in [-0.39, 0.29) is 11.4 Å². The molecule has 0 spiro atoms. The van der Waals surface area contributed by atoms with Crippen molar-refractivity contribution in [3.63, 3.8) is 0 Å². The number of benzene rings is 1. The molecule has 0 bridgehead atoms. The van der Waals surface area contributed by atoms with E-state index in [1.54, 1.807) is 12.1 Å². The lowest BCUT2D eigenvalue weighted by Crippen LogP contribution is -2.48. The van der Waals surface area contributed by atoms with E-state index in [1.165, 1.54) is 18.9 Å². The second kappa shape index (κ2) is 5.57. The SMILES string of the molecule is CC1CCCC(CN)(Nc2ccc(F)c(Br)c2)C1. The van der Waals surface area contributed by atoms with Gasteiger partial charge in [0.05, 0.1) is 4.47 Å². The van der Waals surface area contributed by atoms with Crippen LogP contribution >= 0.6 is 15.9 Å². The highest BCUT2D eigenvalue weighted by atomic mass is 79.9. The molecule has 1 aromatic rings. The molecule has 100 valence electrons. The highest BCUT2D eigenvalue weighted by Gasteiger charge is 2.33. The molecule has 1 aromatic carbocycles. The van der Waals surface area contributed by atoms with Crippen molar-refractivity contribution >= 4 is 21.6 Å². The van der Waals surface area contributed by atoms with Gasteiger partial charge in [-0.1, -0.05) is 19.8 Å². The first-order valence-electron chi connectivity index (χ1n) is 6.48. The predicted molar refractivity (Wildman–Crippen MR) is 77.1 cm³/mol. The molecule has 3 N–H and O–H groups in total. The van der Waals surface area contributed by atoms with Gasteiger partial charge in [-0.25, -0.2) is 4.39 Å². The van der Waals surface area contributed by atoms with Crippen molar-refractivity contribution in [2.75, 3.05) is 11.9 Å². The van der Waals surface area contributed by atoms with Crippen LogP contribution in [0.1, 0.15) is 32.6 Å². The van der Waals surface area contributed by atoms with Gasteiger partial charge in [0.2, 0.25) is 0 Å². The summed E-state index contributed by atoms with van der Waals surface area (Å²) in [4.78, 5) is 0. The summed E-state index contributed by atoms with van der Waals surface area (Å²) in [6.45, 7) is 2.89. The molecule has 18 heavy (non-hydrogen) atoms. The van der Waals surface area contributed by atoms with Gasteiger partial charge in [0.15, 0.2) is 0 Å². The van der Waals surface area contributed by atoms with Gasteiger partial charge in [0.25, 0.3) is 0 Å². The number of nitrogens with two attached hydrogens (primary N) is 1. The van der Waals surface area contributed by atoms with Crippen LogP contribution in [0.5, 0.6) is 0 Å². The summed E-state index contributed by atoms with van der Waals surface area (Å²) in [5, 5.41) is 3.52. The van der Waals surface area contributed by atoms with E-state index in [0.29, 0.717) is 16.9 Å². The van der Waals surface area contributed by atoms with Crippen LogP contribution in [0.4, 0.5) is 10.1 Å². The Morgan fingerprint density at radius 2 is 2.33 bits per heavy atom. The van der Waals surface area contributed by atoms with E-state index < -0.39 is 0 Å². The van der Waals surface area contributed by atoms with Crippen molar-refractivity contribution < 1.29 is 4.39 Å². The fourth-order valence-electron chi connectivity index (χ4n) is 2.89. The monoisotopic (exact) mass is 314 g/mol. The zero-order chi connectivity index (χ0) is 13.2. The highest BCUT2D eigenvalue weighted by molar-refractivity contribution is 9.10. The quantitative estimate of drug-likeness (QED) is 0.887. The van der Waals surface area contributed by atoms with Crippen LogP contribution in [0.15, 0.2) is 22.7 Å².